The smallest absolute Gasteiger partial charge is 0.319 e. The van der Waals surface area contributed by atoms with Gasteiger partial charge in [-0.15, -0.1) is 0 Å². The summed E-state index contributed by atoms with van der Waals surface area (Å²) in [5.74, 6) is -2.07. The van der Waals surface area contributed by atoms with Gasteiger partial charge in [-0.1, -0.05) is 18.2 Å². The number of hydrogen-bond acceptors (Lipinski definition) is 3. The van der Waals surface area contributed by atoms with Crippen molar-refractivity contribution in [3.8, 4) is 0 Å². The molecule has 2 unspecified atom stereocenters. The number of anilines is 1. The topological polar surface area (TPSA) is 122 Å². The lowest BCUT2D eigenvalue weighted by Gasteiger charge is -2.13. The van der Waals surface area contributed by atoms with E-state index in [0.717, 1.165) is 0 Å². The summed E-state index contributed by atoms with van der Waals surface area (Å²) in [6.45, 7) is 0. The zero-order valence-corrected chi connectivity index (χ0v) is 11.1. The van der Waals surface area contributed by atoms with Crippen molar-refractivity contribution in [2.45, 2.75) is 12.5 Å². The molecule has 21 heavy (non-hydrogen) atoms. The summed E-state index contributed by atoms with van der Waals surface area (Å²) in [6, 6.07) is 5.43. The minimum Gasteiger partial charge on any atom is -0.481 e. The van der Waals surface area contributed by atoms with E-state index in [0.29, 0.717) is 17.7 Å². The Bertz CT molecular complexity index is 612. The minimum atomic E-state index is -0.912. The normalized spacial score (nSPS) is 20.0. The van der Waals surface area contributed by atoms with E-state index in [2.05, 4.69) is 10.6 Å². The molecule has 0 bridgehead atoms. The van der Waals surface area contributed by atoms with E-state index in [-0.39, 0.29) is 6.04 Å². The Morgan fingerprint density at radius 2 is 2.00 bits per heavy atom. The van der Waals surface area contributed by atoms with Crippen molar-refractivity contribution in [3.05, 3.63) is 42.0 Å². The van der Waals surface area contributed by atoms with Gasteiger partial charge in [-0.25, -0.2) is 4.79 Å². The van der Waals surface area contributed by atoms with Crippen LogP contribution in [0.2, 0.25) is 0 Å². The first-order chi connectivity index (χ1) is 9.95. The first-order valence-corrected chi connectivity index (χ1v) is 6.34. The van der Waals surface area contributed by atoms with Crippen molar-refractivity contribution in [3.63, 3.8) is 0 Å². The zero-order chi connectivity index (χ0) is 15.4. The molecule has 0 aromatic heterocycles. The highest BCUT2D eigenvalue weighted by Gasteiger charge is 2.25. The summed E-state index contributed by atoms with van der Waals surface area (Å²) in [7, 11) is 0. The molecular weight excluding hydrogens is 274 g/mol. The van der Waals surface area contributed by atoms with E-state index in [9.17, 15) is 14.4 Å². The van der Waals surface area contributed by atoms with Gasteiger partial charge in [-0.3, -0.25) is 9.59 Å². The third-order valence-electron chi connectivity index (χ3n) is 3.12. The fourth-order valence-electron chi connectivity index (χ4n) is 2.07. The Morgan fingerprint density at radius 3 is 2.62 bits per heavy atom. The molecule has 7 nitrogen and oxygen atoms in total. The largest absolute Gasteiger partial charge is 0.481 e. The molecule has 1 aromatic carbocycles. The van der Waals surface area contributed by atoms with Crippen molar-refractivity contribution in [1.82, 2.24) is 5.32 Å². The SMILES string of the molecule is NC(=O)c1cccc(NC(=O)NC2C=CC(C(=O)O)C2)c1. The highest BCUT2D eigenvalue weighted by Crippen LogP contribution is 2.18. The number of primary amides is 1. The van der Waals surface area contributed by atoms with E-state index in [4.69, 9.17) is 10.8 Å². The second-order valence-corrected chi connectivity index (χ2v) is 4.72. The number of benzene rings is 1. The summed E-state index contributed by atoms with van der Waals surface area (Å²) in [4.78, 5) is 33.7. The predicted octanol–water partition coefficient (Wildman–Crippen LogP) is 0.936. The first-order valence-electron chi connectivity index (χ1n) is 6.34. The number of carboxylic acid groups (broad SMARTS) is 1. The maximum atomic E-state index is 11.8. The Morgan fingerprint density at radius 1 is 1.24 bits per heavy atom. The molecule has 0 aliphatic heterocycles. The van der Waals surface area contributed by atoms with Crippen LogP contribution >= 0.6 is 0 Å². The Labute approximate surface area is 120 Å². The summed E-state index contributed by atoms with van der Waals surface area (Å²) in [5.41, 5.74) is 5.88. The molecular formula is C14H15N3O4. The van der Waals surface area contributed by atoms with Crippen LogP contribution in [0.25, 0.3) is 0 Å². The monoisotopic (exact) mass is 289 g/mol. The van der Waals surface area contributed by atoms with Crippen LogP contribution in [0.4, 0.5) is 10.5 Å². The quantitative estimate of drug-likeness (QED) is 0.616. The van der Waals surface area contributed by atoms with Gasteiger partial charge >= 0.3 is 12.0 Å². The second-order valence-electron chi connectivity index (χ2n) is 4.72. The number of carbonyl (C=O) groups is 3. The lowest BCUT2D eigenvalue weighted by atomic mass is 10.1. The van der Waals surface area contributed by atoms with Gasteiger partial charge in [0, 0.05) is 11.3 Å². The second kappa shape index (κ2) is 6.08. The highest BCUT2D eigenvalue weighted by molar-refractivity contribution is 5.96. The molecule has 7 heteroatoms. The molecule has 1 aromatic rings. The van der Waals surface area contributed by atoms with Crippen molar-refractivity contribution in [2.75, 3.05) is 5.32 Å². The van der Waals surface area contributed by atoms with Gasteiger partial charge in [0.15, 0.2) is 0 Å². The van der Waals surface area contributed by atoms with Crippen LogP contribution in [0.3, 0.4) is 0 Å². The van der Waals surface area contributed by atoms with Crippen LogP contribution in [0.1, 0.15) is 16.8 Å². The highest BCUT2D eigenvalue weighted by atomic mass is 16.4. The van der Waals surface area contributed by atoms with Gasteiger partial charge in [0.05, 0.1) is 12.0 Å². The Kier molecular flexibility index (Phi) is 4.22. The molecule has 0 fully saturated rings. The molecule has 2 atom stereocenters. The summed E-state index contributed by atoms with van der Waals surface area (Å²) in [5, 5.41) is 14.1. The zero-order valence-electron chi connectivity index (χ0n) is 11.1. The van der Waals surface area contributed by atoms with E-state index in [1.165, 1.54) is 6.07 Å². The molecule has 0 radical (unpaired) electrons. The average Bonchev–Trinajstić information content (AvgIpc) is 2.87. The lowest BCUT2D eigenvalue weighted by molar-refractivity contribution is -0.140. The van der Waals surface area contributed by atoms with Gasteiger partial charge in [-0.05, 0) is 24.6 Å². The van der Waals surface area contributed by atoms with E-state index < -0.39 is 23.8 Å². The number of amides is 3. The standard InChI is InChI=1S/C14H15N3O4/c15-12(18)8-2-1-3-10(6-8)16-14(21)17-11-5-4-9(7-11)13(19)20/h1-6,9,11H,7H2,(H2,15,18)(H,19,20)(H2,16,17,21). The van der Waals surface area contributed by atoms with Crippen LogP contribution in [0.5, 0.6) is 0 Å². The van der Waals surface area contributed by atoms with Gasteiger partial charge in [-0.2, -0.15) is 0 Å². The molecule has 5 N–H and O–H groups in total. The maximum absolute atomic E-state index is 11.8. The number of aliphatic carboxylic acids is 1. The van der Waals surface area contributed by atoms with Crippen molar-refractivity contribution < 1.29 is 19.5 Å². The number of nitrogens with two attached hydrogens (primary N) is 1. The number of hydrogen-bond donors (Lipinski definition) is 4. The molecule has 0 heterocycles. The van der Waals surface area contributed by atoms with Gasteiger partial charge in [0.2, 0.25) is 5.91 Å². The summed E-state index contributed by atoms with van der Waals surface area (Å²) < 4.78 is 0. The predicted molar refractivity (Wildman–Crippen MR) is 75.8 cm³/mol. The third kappa shape index (κ3) is 3.82. The molecule has 1 aliphatic rings. The maximum Gasteiger partial charge on any atom is 0.319 e. The number of nitrogens with one attached hydrogen (secondary N) is 2. The number of carbonyl (C=O) groups excluding carboxylic acids is 2. The van der Waals surface area contributed by atoms with E-state index >= 15 is 0 Å². The van der Waals surface area contributed by atoms with Crippen LogP contribution in [-0.4, -0.2) is 29.1 Å². The van der Waals surface area contributed by atoms with Gasteiger partial charge < -0.3 is 21.5 Å². The van der Waals surface area contributed by atoms with E-state index in [1.54, 1.807) is 30.4 Å². The summed E-state index contributed by atoms with van der Waals surface area (Å²) >= 11 is 0. The Hall–Kier alpha value is -2.83. The van der Waals surface area contributed by atoms with Crippen LogP contribution in [0, 0.1) is 5.92 Å². The molecule has 3 amide bonds. The van der Waals surface area contributed by atoms with Crippen molar-refractivity contribution in [2.24, 2.45) is 11.7 Å². The number of carboxylic acids is 1. The Balaban J connectivity index is 1.91. The molecule has 0 saturated carbocycles. The average molecular weight is 289 g/mol. The molecule has 0 saturated heterocycles. The van der Waals surface area contributed by atoms with Crippen LogP contribution in [-0.2, 0) is 4.79 Å². The van der Waals surface area contributed by atoms with Crippen molar-refractivity contribution in [1.29, 1.82) is 0 Å². The number of urea groups is 1. The minimum absolute atomic E-state index is 0.291. The lowest BCUT2D eigenvalue weighted by Crippen LogP contribution is -2.36. The number of rotatable bonds is 4. The van der Waals surface area contributed by atoms with Gasteiger partial charge in [0.1, 0.15) is 0 Å². The molecule has 110 valence electrons. The van der Waals surface area contributed by atoms with Gasteiger partial charge in [0.25, 0.3) is 0 Å². The summed E-state index contributed by atoms with van der Waals surface area (Å²) in [6.07, 6.45) is 3.53. The fraction of sp³-hybridized carbons (Fsp3) is 0.214. The first kappa shape index (κ1) is 14.6. The van der Waals surface area contributed by atoms with Crippen molar-refractivity contribution >= 4 is 23.6 Å². The van der Waals surface area contributed by atoms with E-state index in [1.807, 2.05) is 0 Å². The fourth-order valence-corrected chi connectivity index (χ4v) is 2.07. The molecule has 1 aliphatic carbocycles. The third-order valence-corrected chi connectivity index (χ3v) is 3.12. The molecule has 2 rings (SSSR count). The van der Waals surface area contributed by atoms with Crippen LogP contribution in [0.15, 0.2) is 36.4 Å². The van der Waals surface area contributed by atoms with Crippen LogP contribution < -0.4 is 16.4 Å². The molecule has 0 spiro atoms.